The van der Waals surface area contributed by atoms with Gasteiger partial charge in [-0.15, -0.1) is 0 Å². The van der Waals surface area contributed by atoms with Crippen molar-refractivity contribution in [3.8, 4) is 0 Å². The minimum atomic E-state index is -1.10. The van der Waals surface area contributed by atoms with Crippen molar-refractivity contribution >= 4 is 11.9 Å². The van der Waals surface area contributed by atoms with E-state index in [1.54, 1.807) is 4.90 Å². The molecule has 1 N–H and O–H groups in total. The van der Waals surface area contributed by atoms with E-state index in [0.29, 0.717) is 32.2 Å². The summed E-state index contributed by atoms with van der Waals surface area (Å²) in [5.74, 6) is -0.958. The third-order valence-electron chi connectivity index (χ3n) is 2.76. The lowest BCUT2D eigenvalue weighted by Crippen LogP contribution is -2.40. The Hall–Kier alpha value is -1.36. The molecule has 1 saturated heterocycles. The molecule has 0 aromatic carbocycles. The number of carbonyl (C=O) groups is 2. The Labute approximate surface area is 101 Å². The van der Waals surface area contributed by atoms with Gasteiger partial charge in [-0.05, 0) is 25.7 Å². The van der Waals surface area contributed by atoms with Crippen molar-refractivity contribution in [2.24, 2.45) is 5.92 Å². The number of hydrogen-bond donors (Lipinski definition) is 1. The molecule has 1 atom stereocenters. The molecule has 1 rings (SSSR count). The molecule has 5 heteroatoms. The molecule has 1 aliphatic rings. The molecule has 0 bridgehead atoms. The Morgan fingerprint density at radius 2 is 2.24 bits per heavy atom. The van der Waals surface area contributed by atoms with Crippen LogP contribution < -0.4 is 0 Å². The zero-order chi connectivity index (χ0) is 12.7. The summed E-state index contributed by atoms with van der Waals surface area (Å²) in [6.07, 6.45) is 4.01. The number of ether oxygens (including phenoxy) is 1. The van der Waals surface area contributed by atoms with Crippen molar-refractivity contribution in [1.29, 1.82) is 0 Å². The van der Waals surface area contributed by atoms with Gasteiger partial charge in [0.15, 0.2) is 0 Å². The van der Waals surface area contributed by atoms with E-state index in [4.69, 9.17) is 9.84 Å². The Balaban J connectivity index is 2.42. The second-order valence-corrected chi connectivity index (χ2v) is 4.12. The molecular weight excluding hydrogens is 222 g/mol. The molecule has 17 heavy (non-hydrogen) atoms. The highest BCUT2D eigenvalue weighted by molar-refractivity contribution is 5.93. The number of hydrogen-bond acceptors (Lipinski definition) is 3. The molecule has 0 aromatic rings. The van der Waals surface area contributed by atoms with Crippen LogP contribution in [0.4, 0.5) is 0 Å². The van der Waals surface area contributed by atoms with Gasteiger partial charge in [0, 0.05) is 31.8 Å². The van der Waals surface area contributed by atoms with E-state index in [2.05, 4.69) is 0 Å². The molecule has 0 unspecified atom stereocenters. The lowest BCUT2D eigenvalue weighted by atomic mass is 9.99. The van der Waals surface area contributed by atoms with Crippen LogP contribution >= 0.6 is 0 Å². The first kappa shape index (κ1) is 13.7. The number of piperidine rings is 1. The van der Waals surface area contributed by atoms with E-state index < -0.39 is 5.97 Å². The van der Waals surface area contributed by atoms with E-state index in [1.165, 1.54) is 0 Å². The van der Waals surface area contributed by atoms with Gasteiger partial charge in [-0.25, -0.2) is 4.79 Å². The van der Waals surface area contributed by atoms with E-state index >= 15 is 0 Å². The fourth-order valence-corrected chi connectivity index (χ4v) is 1.93. The zero-order valence-corrected chi connectivity index (χ0v) is 10.1. The van der Waals surface area contributed by atoms with Gasteiger partial charge in [0.05, 0.1) is 6.61 Å². The van der Waals surface area contributed by atoms with Gasteiger partial charge in [0.1, 0.15) is 0 Å². The van der Waals surface area contributed by atoms with E-state index in [9.17, 15) is 9.59 Å². The predicted octanol–water partition coefficient (Wildman–Crippen LogP) is 0.902. The molecule has 1 fully saturated rings. The van der Waals surface area contributed by atoms with Crippen molar-refractivity contribution in [2.45, 2.75) is 19.8 Å². The van der Waals surface area contributed by atoms with Gasteiger partial charge in [0.25, 0.3) is 0 Å². The predicted molar refractivity (Wildman–Crippen MR) is 62.6 cm³/mol. The normalized spacial score (nSPS) is 20.8. The number of likely N-dealkylation sites (tertiary alicyclic amines) is 1. The van der Waals surface area contributed by atoms with Gasteiger partial charge >= 0.3 is 5.97 Å². The largest absolute Gasteiger partial charge is 0.478 e. The Bertz CT molecular complexity index is 301. The van der Waals surface area contributed by atoms with Crippen LogP contribution in [0.3, 0.4) is 0 Å². The summed E-state index contributed by atoms with van der Waals surface area (Å²) in [5.41, 5.74) is 0. The summed E-state index contributed by atoms with van der Waals surface area (Å²) in [6, 6.07) is 0. The Kier molecular flexibility index (Phi) is 5.69. The third-order valence-corrected chi connectivity index (χ3v) is 2.76. The first-order valence-corrected chi connectivity index (χ1v) is 5.91. The van der Waals surface area contributed by atoms with Crippen molar-refractivity contribution in [3.63, 3.8) is 0 Å². The quantitative estimate of drug-likeness (QED) is 0.726. The second kappa shape index (κ2) is 7.06. The van der Waals surface area contributed by atoms with Gasteiger partial charge in [-0.1, -0.05) is 0 Å². The SMILES string of the molecule is CCOC[C@@H]1CCCN(C(=O)/C=C/C(=O)O)C1. The van der Waals surface area contributed by atoms with Gasteiger partial charge in [-0.3, -0.25) is 4.79 Å². The average Bonchev–Trinajstić information content (AvgIpc) is 2.33. The van der Waals surface area contributed by atoms with E-state index in [1.807, 2.05) is 6.92 Å². The summed E-state index contributed by atoms with van der Waals surface area (Å²) in [4.78, 5) is 23.7. The molecule has 0 aliphatic carbocycles. The monoisotopic (exact) mass is 241 g/mol. The van der Waals surface area contributed by atoms with Crippen molar-refractivity contribution in [3.05, 3.63) is 12.2 Å². The molecular formula is C12H19NO4. The van der Waals surface area contributed by atoms with Gasteiger partial charge in [0.2, 0.25) is 5.91 Å². The number of aliphatic carboxylic acids is 1. The molecule has 1 amide bonds. The molecule has 0 saturated carbocycles. The highest BCUT2D eigenvalue weighted by Crippen LogP contribution is 2.17. The van der Waals surface area contributed by atoms with Crippen LogP contribution in [0.25, 0.3) is 0 Å². The number of amides is 1. The topological polar surface area (TPSA) is 66.8 Å². The molecule has 1 aliphatic heterocycles. The molecule has 0 aromatic heterocycles. The van der Waals surface area contributed by atoms with E-state index in [-0.39, 0.29) is 5.91 Å². The maximum absolute atomic E-state index is 11.7. The summed E-state index contributed by atoms with van der Waals surface area (Å²) in [5, 5.41) is 8.45. The maximum atomic E-state index is 11.7. The highest BCUT2D eigenvalue weighted by Gasteiger charge is 2.22. The number of carboxylic acid groups (broad SMARTS) is 1. The van der Waals surface area contributed by atoms with Crippen LogP contribution in [0.15, 0.2) is 12.2 Å². The van der Waals surface area contributed by atoms with Crippen LogP contribution in [0, 0.1) is 5.92 Å². The van der Waals surface area contributed by atoms with Crippen LogP contribution in [0.2, 0.25) is 0 Å². The second-order valence-electron chi connectivity index (χ2n) is 4.12. The smallest absolute Gasteiger partial charge is 0.328 e. The Morgan fingerprint density at radius 1 is 1.47 bits per heavy atom. The average molecular weight is 241 g/mol. The summed E-state index contributed by atoms with van der Waals surface area (Å²) in [7, 11) is 0. The maximum Gasteiger partial charge on any atom is 0.328 e. The summed E-state index contributed by atoms with van der Waals surface area (Å²) >= 11 is 0. The third kappa shape index (κ3) is 4.99. The van der Waals surface area contributed by atoms with Crippen molar-refractivity contribution < 1.29 is 19.4 Å². The first-order chi connectivity index (χ1) is 8.13. The fraction of sp³-hybridized carbons (Fsp3) is 0.667. The van der Waals surface area contributed by atoms with Crippen LogP contribution in [-0.2, 0) is 14.3 Å². The summed E-state index contributed by atoms with van der Waals surface area (Å²) in [6.45, 7) is 4.65. The van der Waals surface area contributed by atoms with Crippen LogP contribution in [0.1, 0.15) is 19.8 Å². The molecule has 1 heterocycles. The lowest BCUT2D eigenvalue weighted by Gasteiger charge is -2.31. The van der Waals surface area contributed by atoms with Crippen LogP contribution in [-0.4, -0.2) is 48.2 Å². The van der Waals surface area contributed by atoms with E-state index in [0.717, 1.165) is 25.0 Å². The lowest BCUT2D eigenvalue weighted by molar-refractivity contribution is -0.132. The number of carboxylic acids is 1. The highest BCUT2D eigenvalue weighted by atomic mass is 16.5. The molecule has 0 radical (unpaired) electrons. The molecule has 96 valence electrons. The minimum absolute atomic E-state index is 0.228. The van der Waals surface area contributed by atoms with Crippen molar-refractivity contribution in [1.82, 2.24) is 4.90 Å². The first-order valence-electron chi connectivity index (χ1n) is 5.91. The number of carbonyl (C=O) groups excluding carboxylic acids is 1. The van der Waals surface area contributed by atoms with Gasteiger partial charge < -0.3 is 14.7 Å². The standard InChI is InChI=1S/C12H19NO4/c1-2-17-9-10-4-3-7-13(8-10)11(14)5-6-12(15)16/h5-6,10H,2-4,7-9H2,1H3,(H,15,16)/b6-5+/t10-/m1/s1. The molecule has 5 nitrogen and oxygen atoms in total. The number of rotatable bonds is 5. The van der Waals surface area contributed by atoms with Crippen molar-refractivity contribution in [2.75, 3.05) is 26.3 Å². The fourth-order valence-electron chi connectivity index (χ4n) is 1.93. The number of nitrogens with zero attached hydrogens (tertiary/aromatic N) is 1. The van der Waals surface area contributed by atoms with Gasteiger partial charge in [-0.2, -0.15) is 0 Å². The Morgan fingerprint density at radius 3 is 2.88 bits per heavy atom. The van der Waals surface area contributed by atoms with Crippen LogP contribution in [0.5, 0.6) is 0 Å². The minimum Gasteiger partial charge on any atom is -0.478 e. The summed E-state index contributed by atoms with van der Waals surface area (Å²) < 4.78 is 5.35. The zero-order valence-electron chi connectivity index (χ0n) is 10.1. The molecule has 0 spiro atoms.